The summed E-state index contributed by atoms with van der Waals surface area (Å²) in [6, 6.07) is 17.6. The van der Waals surface area contributed by atoms with Crippen molar-refractivity contribution in [2.45, 2.75) is 25.7 Å². The lowest BCUT2D eigenvalue weighted by atomic mass is 9.73. The normalized spacial score (nSPS) is 20.0. The first-order valence-electron chi connectivity index (χ1n) is 8.02. The number of carbonyl (C=O) groups excluding carboxylic acids is 2. The van der Waals surface area contributed by atoms with Gasteiger partial charge in [-0.05, 0) is 36.5 Å². The van der Waals surface area contributed by atoms with Crippen LogP contribution in [-0.2, 0) is 27.2 Å². The van der Waals surface area contributed by atoms with Crippen LogP contribution in [0.3, 0.4) is 0 Å². The SMILES string of the molecule is CCOC(=O)C1C(=O)C(Cc2ccccc2)Cc2ccccc21. The van der Waals surface area contributed by atoms with Crippen LogP contribution in [0.15, 0.2) is 54.6 Å². The van der Waals surface area contributed by atoms with Gasteiger partial charge < -0.3 is 4.74 Å². The lowest BCUT2D eigenvalue weighted by Gasteiger charge is -2.29. The van der Waals surface area contributed by atoms with Crippen LogP contribution in [0.4, 0.5) is 0 Å². The zero-order chi connectivity index (χ0) is 16.2. The van der Waals surface area contributed by atoms with E-state index in [-0.39, 0.29) is 18.3 Å². The lowest BCUT2D eigenvalue weighted by Crippen LogP contribution is -2.36. The molecule has 1 aliphatic rings. The number of hydrogen-bond acceptors (Lipinski definition) is 3. The predicted molar refractivity (Wildman–Crippen MR) is 88.2 cm³/mol. The Morgan fingerprint density at radius 2 is 1.78 bits per heavy atom. The molecule has 0 aliphatic heterocycles. The minimum absolute atomic E-state index is 0.0222. The minimum Gasteiger partial charge on any atom is -0.465 e. The number of Topliss-reactive ketones (excluding diaryl/α,β-unsaturated/α-hetero) is 1. The van der Waals surface area contributed by atoms with Gasteiger partial charge in [-0.1, -0.05) is 54.6 Å². The second-order valence-corrected chi connectivity index (χ2v) is 5.88. The smallest absolute Gasteiger partial charge is 0.321 e. The summed E-state index contributed by atoms with van der Waals surface area (Å²) < 4.78 is 5.15. The van der Waals surface area contributed by atoms with E-state index in [1.165, 1.54) is 0 Å². The van der Waals surface area contributed by atoms with Crippen molar-refractivity contribution in [2.75, 3.05) is 6.61 Å². The van der Waals surface area contributed by atoms with Crippen molar-refractivity contribution in [3.05, 3.63) is 71.3 Å². The number of benzene rings is 2. The first-order valence-corrected chi connectivity index (χ1v) is 8.02. The molecule has 2 aromatic carbocycles. The highest BCUT2D eigenvalue weighted by Gasteiger charge is 2.40. The fourth-order valence-electron chi connectivity index (χ4n) is 3.30. The number of carbonyl (C=O) groups is 2. The average molecular weight is 308 g/mol. The van der Waals surface area contributed by atoms with E-state index in [2.05, 4.69) is 0 Å². The van der Waals surface area contributed by atoms with Gasteiger partial charge in [0.05, 0.1) is 6.61 Å². The Bertz CT molecular complexity index is 706. The second-order valence-electron chi connectivity index (χ2n) is 5.88. The molecule has 2 unspecified atom stereocenters. The summed E-state index contributed by atoms with van der Waals surface area (Å²) in [5, 5.41) is 0. The summed E-state index contributed by atoms with van der Waals surface area (Å²) in [4.78, 5) is 25.2. The highest BCUT2D eigenvalue weighted by molar-refractivity contribution is 6.07. The topological polar surface area (TPSA) is 43.4 Å². The van der Waals surface area contributed by atoms with E-state index in [4.69, 9.17) is 4.74 Å². The third-order valence-corrected chi connectivity index (χ3v) is 4.37. The van der Waals surface area contributed by atoms with Gasteiger partial charge in [-0.15, -0.1) is 0 Å². The number of ketones is 1. The molecule has 2 atom stereocenters. The Kier molecular flexibility index (Phi) is 4.56. The van der Waals surface area contributed by atoms with Crippen molar-refractivity contribution in [2.24, 2.45) is 5.92 Å². The molecule has 3 rings (SSSR count). The number of rotatable bonds is 4. The lowest BCUT2D eigenvalue weighted by molar-refractivity contribution is -0.149. The van der Waals surface area contributed by atoms with E-state index in [9.17, 15) is 9.59 Å². The molecule has 2 aromatic rings. The van der Waals surface area contributed by atoms with Crippen LogP contribution in [-0.4, -0.2) is 18.4 Å². The summed E-state index contributed by atoms with van der Waals surface area (Å²) >= 11 is 0. The first-order chi connectivity index (χ1) is 11.2. The molecule has 0 fully saturated rings. The molecule has 23 heavy (non-hydrogen) atoms. The molecule has 0 radical (unpaired) electrons. The van der Waals surface area contributed by atoms with Gasteiger partial charge in [-0.25, -0.2) is 0 Å². The molecule has 118 valence electrons. The van der Waals surface area contributed by atoms with Gasteiger partial charge >= 0.3 is 5.97 Å². The summed E-state index contributed by atoms with van der Waals surface area (Å²) in [5.74, 6) is -1.41. The highest BCUT2D eigenvalue weighted by Crippen LogP contribution is 2.34. The molecule has 0 saturated carbocycles. The highest BCUT2D eigenvalue weighted by atomic mass is 16.5. The summed E-state index contributed by atoms with van der Waals surface area (Å²) in [6.07, 6.45) is 1.34. The molecule has 0 spiro atoms. The molecule has 0 heterocycles. The predicted octanol–water partition coefficient (Wildman–Crippen LogP) is 3.32. The van der Waals surface area contributed by atoms with E-state index in [0.717, 1.165) is 16.7 Å². The number of ether oxygens (including phenoxy) is 1. The van der Waals surface area contributed by atoms with E-state index in [0.29, 0.717) is 12.8 Å². The zero-order valence-electron chi connectivity index (χ0n) is 13.2. The molecule has 0 N–H and O–H groups in total. The molecule has 0 amide bonds. The van der Waals surface area contributed by atoms with Crippen molar-refractivity contribution in [3.8, 4) is 0 Å². The van der Waals surface area contributed by atoms with Crippen molar-refractivity contribution >= 4 is 11.8 Å². The molecular formula is C20H20O3. The summed E-state index contributed by atoms with van der Waals surface area (Å²) in [5.41, 5.74) is 3.00. The van der Waals surface area contributed by atoms with Crippen LogP contribution in [0.2, 0.25) is 0 Å². The fraction of sp³-hybridized carbons (Fsp3) is 0.300. The van der Waals surface area contributed by atoms with Crippen LogP contribution in [0.1, 0.15) is 29.5 Å². The Hall–Kier alpha value is -2.42. The maximum atomic E-state index is 12.9. The molecule has 3 nitrogen and oxygen atoms in total. The molecule has 0 bridgehead atoms. The van der Waals surface area contributed by atoms with Crippen molar-refractivity contribution in [3.63, 3.8) is 0 Å². The van der Waals surface area contributed by atoms with Gasteiger partial charge in [0, 0.05) is 5.92 Å². The minimum atomic E-state index is -0.784. The molecule has 3 heteroatoms. The first kappa shape index (κ1) is 15.5. The van der Waals surface area contributed by atoms with Gasteiger partial charge in [-0.3, -0.25) is 9.59 Å². The Morgan fingerprint density at radius 1 is 1.09 bits per heavy atom. The second kappa shape index (κ2) is 6.78. The van der Waals surface area contributed by atoms with Crippen LogP contribution in [0.5, 0.6) is 0 Å². The standard InChI is InChI=1S/C20H20O3/c1-2-23-20(22)18-17-11-7-6-10-15(17)13-16(19(18)21)12-14-8-4-3-5-9-14/h3-11,16,18H,2,12-13H2,1H3. The Labute approximate surface area is 136 Å². The van der Waals surface area contributed by atoms with Gasteiger partial charge in [0.2, 0.25) is 0 Å². The monoisotopic (exact) mass is 308 g/mol. The van der Waals surface area contributed by atoms with Gasteiger partial charge in [0.25, 0.3) is 0 Å². The van der Waals surface area contributed by atoms with Crippen LogP contribution >= 0.6 is 0 Å². The number of fused-ring (bicyclic) bond motifs is 1. The Morgan fingerprint density at radius 3 is 2.52 bits per heavy atom. The zero-order valence-corrected chi connectivity index (χ0v) is 13.2. The number of esters is 1. The van der Waals surface area contributed by atoms with Crippen LogP contribution in [0, 0.1) is 5.92 Å². The molecule has 0 aromatic heterocycles. The van der Waals surface area contributed by atoms with E-state index in [1.807, 2.05) is 54.6 Å². The van der Waals surface area contributed by atoms with Crippen LogP contribution < -0.4 is 0 Å². The third kappa shape index (κ3) is 3.19. The quantitative estimate of drug-likeness (QED) is 0.643. The van der Waals surface area contributed by atoms with Gasteiger partial charge in [-0.2, -0.15) is 0 Å². The molecular weight excluding hydrogens is 288 g/mol. The van der Waals surface area contributed by atoms with Gasteiger partial charge in [0.1, 0.15) is 5.92 Å². The fourth-order valence-corrected chi connectivity index (χ4v) is 3.30. The number of hydrogen-bond donors (Lipinski definition) is 0. The largest absolute Gasteiger partial charge is 0.465 e. The maximum absolute atomic E-state index is 12.9. The van der Waals surface area contributed by atoms with Crippen molar-refractivity contribution in [1.82, 2.24) is 0 Å². The third-order valence-electron chi connectivity index (χ3n) is 4.37. The van der Waals surface area contributed by atoms with Crippen molar-refractivity contribution < 1.29 is 14.3 Å². The average Bonchev–Trinajstić information content (AvgIpc) is 2.57. The van der Waals surface area contributed by atoms with Gasteiger partial charge in [0.15, 0.2) is 5.78 Å². The summed E-state index contributed by atoms with van der Waals surface area (Å²) in [7, 11) is 0. The van der Waals surface area contributed by atoms with Crippen molar-refractivity contribution in [1.29, 1.82) is 0 Å². The van der Waals surface area contributed by atoms with Crippen LogP contribution in [0.25, 0.3) is 0 Å². The maximum Gasteiger partial charge on any atom is 0.321 e. The Balaban J connectivity index is 1.92. The van der Waals surface area contributed by atoms with E-state index < -0.39 is 11.9 Å². The summed E-state index contributed by atoms with van der Waals surface area (Å²) in [6.45, 7) is 2.05. The van der Waals surface area contributed by atoms with E-state index >= 15 is 0 Å². The molecule has 1 aliphatic carbocycles. The molecule has 0 saturated heterocycles. The van der Waals surface area contributed by atoms with E-state index in [1.54, 1.807) is 6.92 Å².